The van der Waals surface area contributed by atoms with E-state index >= 15 is 0 Å². The number of rotatable bonds is 5. The topological polar surface area (TPSA) is 46.5 Å². The lowest BCUT2D eigenvalue weighted by atomic mass is 10.2. The second-order valence-corrected chi connectivity index (χ2v) is 2.86. The van der Waals surface area contributed by atoms with Crippen LogP contribution in [0.15, 0.2) is 24.3 Å². The smallest absolute Gasteiger partial charge is 0.333 e. The molecule has 1 unspecified atom stereocenters. The fraction of sp³-hybridized carbons (Fsp3) is 0.500. The van der Waals surface area contributed by atoms with Gasteiger partial charge in [-0.1, -0.05) is 12.2 Å². The standard InChI is InChI=1S/C10H16O3/c1-4-5-6-8(2)10(12)13-7-9(3)11/h4,6,9,11H,1,5,7H2,2-3H3. The van der Waals surface area contributed by atoms with Gasteiger partial charge in [-0.3, -0.25) is 0 Å². The molecule has 0 aliphatic carbocycles. The van der Waals surface area contributed by atoms with Gasteiger partial charge in [0.05, 0.1) is 6.10 Å². The average molecular weight is 184 g/mol. The normalized spacial score (nSPS) is 13.6. The summed E-state index contributed by atoms with van der Waals surface area (Å²) in [7, 11) is 0. The van der Waals surface area contributed by atoms with Crippen molar-refractivity contribution in [1.82, 2.24) is 0 Å². The first-order chi connectivity index (χ1) is 6.07. The molecule has 0 aliphatic heterocycles. The van der Waals surface area contributed by atoms with E-state index in [-0.39, 0.29) is 12.6 Å². The summed E-state index contributed by atoms with van der Waals surface area (Å²) in [6, 6.07) is 0. The summed E-state index contributed by atoms with van der Waals surface area (Å²) in [4.78, 5) is 11.1. The number of carbonyl (C=O) groups is 1. The molecule has 0 amide bonds. The third-order valence-electron chi connectivity index (χ3n) is 1.37. The zero-order valence-electron chi connectivity index (χ0n) is 8.12. The highest BCUT2D eigenvalue weighted by molar-refractivity contribution is 5.87. The summed E-state index contributed by atoms with van der Waals surface area (Å²) in [5.74, 6) is -0.386. The lowest BCUT2D eigenvalue weighted by Gasteiger charge is -2.06. The molecule has 0 radical (unpaired) electrons. The Morgan fingerprint density at radius 3 is 2.77 bits per heavy atom. The van der Waals surface area contributed by atoms with Crippen LogP contribution in [0.1, 0.15) is 20.3 Å². The third kappa shape index (κ3) is 6.11. The van der Waals surface area contributed by atoms with Gasteiger partial charge in [-0.25, -0.2) is 4.79 Å². The minimum absolute atomic E-state index is 0.0398. The van der Waals surface area contributed by atoms with E-state index in [1.807, 2.05) is 0 Å². The molecule has 1 atom stereocenters. The Hall–Kier alpha value is -1.09. The molecule has 0 saturated heterocycles. The van der Waals surface area contributed by atoms with E-state index in [4.69, 9.17) is 9.84 Å². The average Bonchev–Trinajstić information content (AvgIpc) is 2.10. The maximum Gasteiger partial charge on any atom is 0.333 e. The molecule has 0 saturated carbocycles. The van der Waals surface area contributed by atoms with Crippen molar-refractivity contribution in [2.24, 2.45) is 0 Å². The zero-order valence-corrected chi connectivity index (χ0v) is 8.12. The maximum atomic E-state index is 11.1. The molecule has 3 heteroatoms. The molecule has 0 heterocycles. The van der Waals surface area contributed by atoms with E-state index in [1.165, 1.54) is 0 Å². The Kier molecular flexibility index (Phi) is 5.89. The first-order valence-electron chi connectivity index (χ1n) is 4.20. The van der Waals surface area contributed by atoms with Gasteiger partial charge in [0.15, 0.2) is 0 Å². The van der Waals surface area contributed by atoms with Gasteiger partial charge < -0.3 is 9.84 Å². The van der Waals surface area contributed by atoms with Crippen molar-refractivity contribution in [1.29, 1.82) is 0 Å². The third-order valence-corrected chi connectivity index (χ3v) is 1.37. The van der Waals surface area contributed by atoms with Gasteiger partial charge in [-0.05, 0) is 20.3 Å². The van der Waals surface area contributed by atoms with Gasteiger partial charge in [0.25, 0.3) is 0 Å². The highest BCUT2D eigenvalue weighted by Crippen LogP contribution is 1.99. The van der Waals surface area contributed by atoms with Crippen molar-refractivity contribution in [2.45, 2.75) is 26.4 Å². The number of carbonyl (C=O) groups excluding carboxylic acids is 1. The number of hydrogen-bond acceptors (Lipinski definition) is 3. The Labute approximate surface area is 78.7 Å². The molecule has 0 rings (SSSR count). The number of hydrogen-bond donors (Lipinski definition) is 1. The summed E-state index contributed by atoms with van der Waals surface area (Å²) in [6.07, 6.45) is 3.47. The predicted octanol–water partition coefficient (Wildman–Crippen LogP) is 1.43. The summed E-state index contributed by atoms with van der Waals surface area (Å²) >= 11 is 0. The summed E-state index contributed by atoms with van der Waals surface area (Å²) in [5.41, 5.74) is 0.542. The van der Waals surface area contributed by atoms with Crippen molar-refractivity contribution in [3.05, 3.63) is 24.3 Å². The van der Waals surface area contributed by atoms with Crippen LogP contribution in [-0.4, -0.2) is 23.8 Å². The van der Waals surface area contributed by atoms with Crippen molar-refractivity contribution in [2.75, 3.05) is 6.61 Å². The Bertz CT molecular complexity index is 204. The molecule has 1 N–H and O–H groups in total. The molecule has 13 heavy (non-hydrogen) atoms. The second-order valence-electron chi connectivity index (χ2n) is 2.86. The molecule has 0 aliphatic rings. The van der Waals surface area contributed by atoms with E-state index in [0.717, 1.165) is 0 Å². The van der Waals surface area contributed by atoms with E-state index in [2.05, 4.69) is 6.58 Å². The van der Waals surface area contributed by atoms with Crippen LogP contribution in [0.25, 0.3) is 0 Å². The van der Waals surface area contributed by atoms with E-state index in [0.29, 0.717) is 12.0 Å². The molecule has 3 nitrogen and oxygen atoms in total. The van der Waals surface area contributed by atoms with Crippen LogP contribution in [0, 0.1) is 0 Å². The van der Waals surface area contributed by atoms with Crippen LogP contribution < -0.4 is 0 Å². The summed E-state index contributed by atoms with van der Waals surface area (Å²) in [5, 5.41) is 8.85. The lowest BCUT2D eigenvalue weighted by molar-refractivity contribution is -0.141. The molecule has 0 bridgehead atoms. The fourth-order valence-electron chi connectivity index (χ4n) is 0.654. The van der Waals surface area contributed by atoms with Crippen LogP contribution >= 0.6 is 0 Å². The number of allylic oxidation sites excluding steroid dienone is 2. The number of ether oxygens (including phenoxy) is 1. The molecule has 0 fully saturated rings. The van der Waals surface area contributed by atoms with E-state index in [9.17, 15) is 4.79 Å². The predicted molar refractivity (Wildman–Crippen MR) is 51.2 cm³/mol. The van der Waals surface area contributed by atoms with E-state index < -0.39 is 6.10 Å². The van der Waals surface area contributed by atoms with Crippen molar-refractivity contribution in [3.8, 4) is 0 Å². The molecule has 0 aromatic carbocycles. The second kappa shape index (κ2) is 6.43. The van der Waals surface area contributed by atoms with Crippen LogP contribution in [0.2, 0.25) is 0 Å². The largest absolute Gasteiger partial charge is 0.460 e. The quantitative estimate of drug-likeness (QED) is 0.399. The van der Waals surface area contributed by atoms with Crippen LogP contribution in [0.5, 0.6) is 0 Å². The lowest BCUT2D eigenvalue weighted by Crippen LogP contribution is -2.15. The highest BCUT2D eigenvalue weighted by atomic mass is 16.5. The van der Waals surface area contributed by atoms with Crippen molar-refractivity contribution in [3.63, 3.8) is 0 Å². The minimum atomic E-state index is -0.615. The first kappa shape index (κ1) is 11.9. The van der Waals surface area contributed by atoms with Crippen LogP contribution in [0.3, 0.4) is 0 Å². The Balaban J connectivity index is 3.88. The number of aliphatic hydroxyl groups excluding tert-OH is 1. The van der Waals surface area contributed by atoms with E-state index in [1.54, 1.807) is 26.0 Å². The Morgan fingerprint density at radius 1 is 1.69 bits per heavy atom. The molecule has 74 valence electrons. The zero-order chi connectivity index (χ0) is 10.3. The Morgan fingerprint density at radius 2 is 2.31 bits per heavy atom. The van der Waals surface area contributed by atoms with Crippen molar-refractivity contribution < 1.29 is 14.6 Å². The maximum absolute atomic E-state index is 11.1. The van der Waals surface area contributed by atoms with Gasteiger partial charge in [0.1, 0.15) is 6.61 Å². The highest BCUT2D eigenvalue weighted by Gasteiger charge is 2.06. The first-order valence-corrected chi connectivity index (χ1v) is 4.20. The number of aliphatic hydroxyl groups is 1. The van der Waals surface area contributed by atoms with Gasteiger partial charge in [0.2, 0.25) is 0 Å². The van der Waals surface area contributed by atoms with Gasteiger partial charge in [-0.2, -0.15) is 0 Å². The number of esters is 1. The van der Waals surface area contributed by atoms with Crippen LogP contribution in [-0.2, 0) is 9.53 Å². The molecule has 0 aromatic rings. The minimum Gasteiger partial charge on any atom is -0.460 e. The SMILES string of the molecule is C=CCC=C(C)C(=O)OCC(C)O. The molecule has 0 spiro atoms. The fourth-order valence-corrected chi connectivity index (χ4v) is 0.654. The van der Waals surface area contributed by atoms with Gasteiger partial charge in [-0.15, -0.1) is 6.58 Å². The van der Waals surface area contributed by atoms with Gasteiger partial charge >= 0.3 is 5.97 Å². The molecule has 0 aromatic heterocycles. The molecular weight excluding hydrogens is 168 g/mol. The van der Waals surface area contributed by atoms with Gasteiger partial charge in [0, 0.05) is 5.57 Å². The monoisotopic (exact) mass is 184 g/mol. The summed E-state index contributed by atoms with van der Waals surface area (Å²) < 4.78 is 4.77. The molecular formula is C10H16O3. The summed E-state index contributed by atoms with van der Waals surface area (Å²) in [6.45, 7) is 6.81. The van der Waals surface area contributed by atoms with Crippen molar-refractivity contribution >= 4 is 5.97 Å². The van der Waals surface area contributed by atoms with Crippen LogP contribution in [0.4, 0.5) is 0 Å².